The van der Waals surface area contributed by atoms with E-state index < -0.39 is 16.1 Å². The van der Waals surface area contributed by atoms with Crippen molar-refractivity contribution in [2.75, 3.05) is 9.80 Å². The van der Waals surface area contributed by atoms with Gasteiger partial charge < -0.3 is 9.80 Å². The van der Waals surface area contributed by atoms with Gasteiger partial charge in [0.05, 0.1) is 27.5 Å². The minimum Gasteiger partial charge on any atom is -0.310 e. The lowest BCUT2D eigenvalue weighted by Crippen LogP contribution is -2.37. The van der Waals surface area contributed by atoms with Gasteiger partial charge in [0.25, 0.3) is 0 Å². The maximum absolute atomic E-state index is 2.53. The standard InChI is InChI=1S/C58H68N2Si2/c1-37(2)41-15-19-43(20-16-41)59(45-23-27-47(28-24-45)61(9,10)11)55-35-53(39(5)6)49-32-34-52-56(36-54(40(7)8)50-31-33-51(55)57(49)58(50)52)60(44-21-17-42(18-22-44)38(3)4)46-25-29-48(30-26-46)62(12,13)14/h15-40H,1-14H3. The average molecular weight is 849 g/mol. The molecule has 8 rings (SSSR count). The minimum absolute atomic E-state index is 0.322. The largest absolute Gasteiger partial charge is 0.310 e. The molecule has 0 fully saturated rings. The first kappa shape index (κ1) is 43.5. The van der Waals surface area contributed by atoms with E-state index in [4.69, 9.17) is 0 Å². The summed E-state index contributed by atoms with van der Waals surface area (Å²) in [5.41, 5.74) is 12.7. The normalized spacial score (nSPS) is 12.6. The number of anilines is 6. The summed E-state index contributed by atoms with van der Waals surface area (Å²) in [6.45, 7) is 33.2. The molecule has 0 bridgehead atoms. The molecule has 0 atom stereocenters. The van der Waals surface area contributed by atoms with E-state index in [1.807, 2.05) is 0 Å². The monoisotopic (exact) mass is 848 g/mol. The highest BCUT2D eigenvalue weighted by molar-refractivity contribution is 6.89. The molecule has 0 unspecified atom stereocenters. The highest BCUT2D eigenvalue weighted by Crippen LogP contribution is 2.51. The van der Waals surface area contributed by atoms with Crippen molar-refractivity contribution >= 4 is 93.0 Å². The van der Waals surface area contributed by atoms with Crippen molar-refractivity contribution in [2.45, 2.75) is 118 Å². The highest BCUT2D eigenvalue weighted by Gasteiger charge is 2.27. The molecule has 62 heavy (non-hydrogen) atoms. The molecule has 0 aliphatic rings. The zero-order valence-electron chi connectivity index (χ0n) is 39.9. The molecule has 0 heterocycles. The zero-order valence-corrected chi connectivity index (χ0v) is 41.9. The Morgan fingerprint density at radius 3 is 0.855 bits per heavy atom. The van der Waals surface area contributed by atoms with Crippen LogP contribution in [0, 0.1) is 0 Å². The summed E-state index contributed by atoms with van der Waals surface area (Å²) in [6, 6.07) is 52.3. The lowest BCUT2D eigenvalue weighted by molar-refractivity contribution is 0.866. The van der Waals surface area contributed by atoms with Crippen LogP contribution in [0.3, 0.4) is 0 Å². The molecule has 8 aromatic carbocycles. The lowest BCUT2D eigenvalue weighted by atomic mass is 9.84. The van der Waals surface area contributed by atoms with Gasteiger partial charge in [0.1, 0.15) is 0 Å². The molecule has 0 aromatic heterocycles. The SMILES string of the molecule is CC(C)c1ccc(N(c2ccc([Si](C)(C)C)cc2)c2cc(C(C)C)c3ccc4c(N(c5ccc(C(C)C)cc5)c5ccc([Si](C)(C)C)cc5)cc(C(C)C)c5ccc2c3c54)cc1. The van der Waals surface area contributed by atoms with Crippen LogP contribution in [0.2, 0.25) is 39.3 Å². The molecule has 0 aliphatic carbocycles. The van der Waals surface area contributed by atoms with Crippen LogP contribution in [0.5, 0.6) is 0 Å². The summed E-state index contributed by atoms with van der Waals surface area (Å²) in [6.07, 6.45) is 0. The van der Waals surface area contributed by atoms with Crippen LogP contribution in [-0.4, -0.2) is 16.1 Å². The van der Waals surface area contributed by atoms with Gasteiger partial charge in [-0.15, -0.1) is 0 Å². The summed E-state index contributed by atoms with van der Waals surface area (Å²) in [4.78, 5) is 5.06. The van der Waals surface area contributed by atoms with E-state index in [1.165, 1.54) is 99.1 Å². The predicted octanol–water partition coefficient (Wildman–Crippen LogP) is 17.1. The van der Waals surface area contributed by atoms with Crippen molar-refractivity contribution < 1.29 is 0 Å². The van der Waals surface area contributed by atoms with Crippen LogP contribution in [0.4, 0.5) is 34.1 Å². The summed E-state index contributed by atoms with van der Waals surface area (Å²) in [5.74, 6) is 1.57. The third-order valence-electron chi connectivity index (χ3n) is 13.3. The van der Waals surface area contributed by atoms with Gasteiger partial charge in [-0.2, -0.15) is 0 Å². The van der Waals surface area contributed by atoms with E-state index in [9.17, 15) is 0 Å². The van der Waals surface area contributed by atoms with Crippen LogP contribution in [0.1, 0.15) is 101 Å². The van der Waals surface area contributed by atoms with Crippen molar-refractivity contribution in [3.05, 3.63) is 156 Å². The van der Waals surface area contributed by atoms with E-state index in [-0.39, 0.29) is 0 Å². The smallest absolute Gasteiger partial charge is 0.0775 e. The van der Waals surface area contributed by atoms with Gasteiger partial charge in [0, 0.05) is 33.5 Å². The Kier molecular flexibility index (Phi) is 11.6. The van der Waals surface area contributed by atoms with Crippen molar-refractivity contribution in [3.8, 4) is 0 Å². The number of benzene rings is 8. The fourth-order valence-electron chi connectivity index (χ4n) is 9.43. The Morgan fingerprint density at radius 2 is 0.597 bits per heavy atom. The van der Waals surface area contributed by atoms with Gasteiger partial charge in [-0.3, -0.25) is 0 Å². The first-order valence-electron chi connectivity index (χ1n) is 23.1. The number of nitrogens with zero attached hydrogens (tertiary/aromatic N) is 2. The molecule has 0 saturated carbocycles. The van der Waals surface area contributed by atoms with E-state index in [0.29, 0.717) is 23.7 Å². The molecular weight excluding hydrogens is 781 g/mol. The van der Waals surface area contributed by atoms with E-state index >= 15 is 0 Å². The number of hydrogen-bond acceptors (Lipinski definition) is 2. The lowest BCUT2D eigenvalue weighted by Gasteiger charge is -2.32. The molecule has 0 spiro atoms. The van der Waals surface area contributed by atoms with Gasteiger partial charge in [0.15, 0.2) is 0 Å². The summed E-state index contributed by atoms with van der Waals surface area (Å²) >= 11 is 0. The Hall–Kier alpha value is -5.17. The highest BCUT2D eigenvalue weighted by atomic mass is 28.3. The van der Waals surface area contributed by atoms with Crippen LogP contribution < -0.4 is 20.2 Å². The van der Waals surface area contributed by atoms with Crippen LogP contribution in [-0.2, 0) is 0 Å². The van der Waals surface area contributed by atoms with Crippen LogP contribution in [0.25, 0.3) is 32.3 Å². The summed E-state index contributed by atoms with van der Waals surface area (Å²) in [5, 5.41) is 10.9. The fourth-order valence-corrected chi connectivity index (χ4v) is 11.8. The maximum atomic E-state index is 2.53. The second-order valence-electron chi connectivity index (χ2n) is 21.1. The summed E-state index contributed by atoms with van der Waals surface area (Å²) < 4.78 is 0. The quantitative estimate of drug-likeness (QED) is 0.0893. The van der Waals surface area contributed by atoms with Gasteiger partial charge in [-0.1, -0.05) is 178 Å². The number of hydrogen-bond donors (Lipinski definition) is 0. The van der Waals surface area contributed by atoms with Gasteiger partial charge in [0.2, 0.25) is 0 Å². The molecule has 8 aromatic rings. The molecule has 0 saturated heterocycles. The third-order valence-corrected chi connectivity index (χ3v) is 17.4. The van der Waals surface area contributed by atoms with E-state index in [1.54, 1.807) is 0 Å². The van der Waals surface area contributed by atoms with Crippen molar-refractivity contribution in [1.29, 1.82) is 0 Å². The molecule has 0 aliphatic heterocycles. The van der Waals surface area contributed by atoms with Crippen molar-refractivity contribution in [3.63, 3.8) is 0 Å². The van der Waals surface area contributed by atoms with E-state index in [0.717, 1.165) is 0 Å². The maximum Gasteiger partial charge on any atom is 0.0775 e. The second kappa shape index (κ2) is 16.5. The first-order chi connectivity index (χ1) is 29.3. The van der Waals surface area contributed by atoms with Gasteiger partial charge >= 0.3 is 0 Å². The zero-order chi connectivity index (χ0) is 44.4. The Labute approximate surface area is 375 Å². The van der Waals surface area contributed by atoms with E-state index in [2.05, 4.69) is 238 Å². The van der Waals surface area contributed by atoms with Gasteiger partial charge in [-0.05, 0) is 128 Å². The van der Waals surface area contributed by atoms with Crippen LogP contribution in [0.15, 0.2) is 133 Å². The Morgan fingerprint density at radius 1 is 0.323 bits per heavy atom. The fraction of sp³-hybridized carbons (Fsp3) is 0.310. The topological polar surface area (TPSA) is 6.48 Å². The molecule has 2 nitrogen and oxygen atoms in total. The van der Waals surface area contributed by atoms with Crippen LogP contribution >= 0.6 is 0 Å². The van der Waals surface area contributed by atoms with Gasteiger partial charge in [-0.25, -0.2) is 0 Å². The molecule has 0 amide bonds. The molecule has 318 valence electrons. The predicted molar refractivity (Wildman–Crippen MR) is 282 cm³/mol. The minimum atomic E-state index is -1.50. The Bertz CT molecular complexity index is 2640. The average Bonchev–Trinajstić information content (AvgIpc) is 3.23. The van der Waals surface area contributed by atoms with Crippen molar-refractivity contribution in [1.82, 2.24) is 0 Å². The molecule has 4 heteroatoms. The molecular formula is C58H68N2Si2. The summed E-state index contributed by atoms with van der Waals surface area (Å²) in [7, 11) is -3.00. The molecule has 0 N–H and O–H groups in total. The van der Waals surface area contributed by atoms with Crippen molar-refractivity contribution in [2.24, 2.45) is 0 Å². The molecule has 0 radical (unpaired) electrons. The third kappa shape index (κ3) is 8.01. The second-order valence-corrected chi connectivity index (χ2v) is 31.3. The Balaban J connectivity index is 1.47. The number of rotatable bonds is 12. The first-order valence-corrected chi connectivity index (χ1v) is 30.1.